The van der Waals surface area contributed by atoms with Gasteiger partial charge >= 0.3 is 0 Å². The van der Waals surface area contributed by atoms with Gasteiger partial charge in [-0.3, -0.25) is 0 Å². The highest BCUT2D eigenvalue weighted by molar-refractivity contribution is 6.00. The van der Waals surface area contributed by atoms with Crippen LogP contribution >= 0.6 is 0 Å². The van der Waals surface area contributed by atoms with Gasteiger partial charge in [-0.05, 0) is 81.6 Å². The number of likely N-dealkylation sites (tertiary alicyclic amines) is 1. The summed E-state index contributed by atoms with van der Waals surface area (Å²) in [5, 5.41) is 12.9. The third-order valence-electron chi connectivity index (χ3n) is 6.04. The summed E-state index contributed by atoms with van der Waals surface area (Å²) in [5.74, 6) is 0. The molecule has 0 saturated carbocycles. The minimum Gasteiger partial charge on any atom is -0.411 e. The molecule has 0 spiro atoms. The smallest absolute Gasteiger partial charge is 0.0867 e. The molecule has 1 fully saturated rings. The molecule has 28 heavy (non-hydrogen) atoms. The van der Waals surface area contributed by atoms with Crippen LogP contribution in [0.4, 0.5) is 0 Å². The van der Waals surface area contributed by atoms with Crippen LogP contribution in [0.5, 0.6) is 0 Å². The van der Waals surface area contributed by atoms with E-state index in [-0.39, 0.29) is 0 Å². The Balaban J connectivity index is 1.49. The standard InChI is InChI=1S/C25H34N2O/c1-21-11-7-8-19-27(21)20-10-17-23-13-6-5-12-22(23)16-9-18-25(26-28)24-14-3-2-4-15-24/h2-6,12-15,21,28H,7-11,16-20H2,1H3. The monoisotopic (exact) mass is 378 g/mol. The number of benzene rings is 2. The van der Waals surface area contributed by atoms with E-state index in [9.17, 15) is 5.21 Å². The van der Waals surface area contributed by atoms with Crippen molar-refractivity contribution in [2.75, 3.05) is 13.1 Å². The lowest BCUT2D eigenvalue weighted by Gasteiger charge is -2.33. The molecule has 0 amide bonds. The normalized spacial score (nSPS) is 18.3. The molecule has 0 aromatic heterocycles. The predicted octanol–water partition coefficient (Wildman–Crippen LogP) is 5.69. The second-order valence-electron chi connectivity index (χ2n) is 8.02. The minimum absolute atomic E-state index is 0.748. The number of piperidine rings is 1. The lowest BCUT2D eigenvalue weighted by atomic mass is 9.96. The number of aryl methyl sites for hydroxylation is 2. The average Bonchev–Trinajstić information content (AvgIpc) is 2.74. The zero-order valence-electron chi connectivity index (χ0n) is 17.2. The lowest BCUT2D eigenvalue weighted by Crippen LogP contribution is -2.38. The minimum atomic E-state index is 0.748. The summed E-state index contributed by atoms with van der Waals surface area (Å²) < 4.78 is 0. The zero-order chi connectivity index (χ0) is 19.6. The van der Waals surface area contributed by atoms with Crippen molar-refractivity contribution >= 4 is 5.71 Å². The summed E-state index contributed by atoms with van der Waals surface area (Å²) in [6.45, 7) is 4.86. The maximum atomic E-state index is 9.38. The van der Waals surface area contributed by atoms with E-state index in [1.54, 1.807) is 0 Å². The van der Waals surface area contributed by atoms with Crippen LogP contribution in [0.15, 0.2) is 59.8 Å². The first-order chi connectivity index (χ1) is 13.8. The van der Waals surface area contributed by atoms with Gasteiger partial charge in [0.1, 0.15) is 0 Å². The van der Waals surface area contributed by atoms with Crippen LogP contribution in [0.1, 0.15) is 62.1 Å². The third-order valence-corrected chi connectivity index (χ3v) is 6.04. The van der Waals surface area contributed by atoms with E-state index in [0.29, 0.717) is 0 Å². The lowest BCUT2D eigenvalue weighted by molar-refractivity contribution is 0.159. The molecule has 2 aromatic rings. The molecule has 1 unspecified atom stereocenters. The van der Waals surface area contributed by atoms with Crippen molar-refractivity contribution in [2.45, 2.75) is 64.3 Å². The molecular weight excluding hydrogens is 344 g/mol. The van der Waals surface area contributed by atoms with Gasteiger partial charge in [-0.25, -0.2) is 0 Å². The van der Waals surface area contributed by atoms with E-state index in [1.807, 2.05) is 30.3 Å². The molecule has 1 N–H and O–H groups in total. The molecule has 1 aliphatic rings. The van der Waals surface area contributed by atoms with Crippen LogP contribution in [0.25, 0.3) is 0 Å². The molecule has 1 atom stereocenters. The summed E-state index contributed by atoms with van der Waals surface area (Å²) >= 11 is 0. The first kappa shape index (κ1) is 20.6. The quantitative estimate of drug-likeness (QED) is 0.345. The highest BCUT2D eigenvalue weighted by Crippen LogP contribution is 2.19. The molecule has 3 rings (SSSR count). The molecule has 0 aliphatic carbocycles. The number of hydrogen-bond donors (Lipinski definition) is 1. The molecule has 0 bridgehead atoms. The maximum Gasteiger partial charge on any atom is 0.0867 e. The highest BCUT2D eigenvalue weighted by Gasteiger charge is 2.17. The van der Waals surface area contributed by atoms with E-state index in [1.165, 1.54) is 49.9 Å². The fourth-order valence-corrected chi connectivity index (χ4v) is 4.34. The number of oxime groups is 1. The highest BCUT2D eigenvalue weighted by atomic mass is 16.4. The molecule has 150 valence electrons. The van der Waals surface area contributed by atoms with E-state index >= 15 is 0 Å². The Bertz CT molecular complexity index is 741. The Hall–Kier alpha value is -2.13. The molecular formula is C25H34N2O. The summed E-state index contributed by atoms with van der Waals surface area (Å²) in [5.41, 5.74) is 4.71. The zero-order valence-corrected chi connectivity index (χ0v) is 17.2. The van der Waals surface area contributed by atoms with Crippen molar-refractivity contribution in [3.05, 3.63) is 71.3 Å². The number of nitrogens with zero attached hydrogens (tertiary/aromatic N) is 2. The van der Waals surface area contributed by atoms with Crippen molar-refractivity contribution in [3.8, 4) is 0 Å². The molecule has 1 saturated heterocycles. The van der Waals surface area contributed by atoms with Crippen molar-refractivity contribution < 1.29 is 5.21 Å². The van der Waals surface area contributed by atoms with Gasteiger partial charge in [0.25, 0.3) is 0 Å². The molecule has 1 heterocycles. The van der Waals surface area contributed by atoms with Gasteiger partial charge in [0.05, 0.1) is 5.71 Å². The first-order valence-electron chi connectivity index (χ1n) is 10.8. The predicted molar refractivity (Wildman–Crippen MR) is 117 cm³/mol. The SMILES string of the molecule is CC1CCCCN1CCCc1ccccc1CCCC(=NO)c1ccccc1. The van der Waals surface area contributed by atoms with Gasteiger partial charge in [-0.15, -0.1) is 0 Å². The molecule has 2 aromatic carbocycles. The van der Waals surface area contributed by atoms with Gasteiger partial charge < -0.3 is 10.1 Å². The van der Waals surface area contributed by atoms with Crippen LogP contribution in [0.3, 0.4) is 0 Å². The van der Waals surface area contributed by atoms with Crippen LogP contribution in [0.2, 0.25) is 0 Å². The molecule has 3 nitrogen and oxygen atoms in total. The fraction of sp³-hybridized carbons (Fsp3) is 0.480. The number of rotatable bonds is 9. The number of hydrogen-bond acceptors (Lipinski definition) is 3. The molecule has 0 radical (unpaired) electrons. The van der Waals surface area contributed by atoms with E-state index < -0.39 is 0 Å². The summed E-state index contributed by atoms with van der Waals surface area (Å²) in [6, 6.07) is 19.6. The Morgan fingerprint density at radius 3 is 2.32 bits per heavy atom. The van der Waals surface area contributed by atoms with E-state index in [2.05, 4.69) is 41.2 Å². The summed E-state index contributed by atoms with van der Waals surface area (Å²) in [7, 11) is 0. The van der Waals surface area contributed by atoms with Crippen molar-refractivity contribution in [2.24, 2.45) is 5.16 Å². The molecule has 1 aliphatic heterocycles. The summed E-state index contributed by atoms with van der Waals surface area (Å²) in [4.78, 5) is 2.66. The van der Waals surface area contributed by atoms with Gasteiger partial charge in [0, 0.05) is 6.04 Å². The van der Waals surface area contributed by atoms with Gasteiger partial charge in [-0.2, -0.15) is 0 Å². The van der Waals surface area contributed by atoms with Crippen LogP contribution < -0.4 is 0 Å². The van der Waals surface area contributed by atoms with Crippen LogP contribution in [-0.2, 0) is 12.8 Å². The van der Waals surface area contributed by atoms with Crippen molar-refractivity contribution in [1.29, 1.82) is 0 Å². The topological polar surface area (TPSA) is 35.8 Å². The second kappa shape index (κ2) is 11.0. The van der Waals surface area contributed by atoms with E-state index in [0.717, 1.165) is 43.0 Å². The Morgan fingerprint density at radius 1 is 0.964 bits per heavy atom. The average molecular weight is 379 g/mol. The van der Waals surface area contributed by atoms with Crippen LogP contribution in [0, 0.1) is 0 Å². The van der Waals surface area contributed by atoms with Gasteiger partial charge in [0.2, 0.25) is 0 Å². The Morgan fingerprint density at radius 2 is 1.64 bits per heavy atom. The Kier molecular flexibility index (Phi) is 8.10. The first-order valence-corrected chi connectivity index (χ1v) is 10.8. The summed E-state index contributed by atoms with van der Waals surface area (Å²) in [6.07, 6.45) is 9.30. The third kappa shape index (κ3) is 5.93. The fourth-order valence-electron chi connectivity index (χ4n) is 4.34. The van der Waals surface area contributed by atoms with E-state index in [4.69, 9.17) is 0 Å². The maximum absolute atomic E-state index is 9.38. The van der Waals surface area contributed by atoms with Crippen LogP contribution in [-0.4, -0.2) is 35.0 Å². The largest absolute Gasteiger partial charge is 0.411 e. The molecule has 3 heteroatoms. The van der Waals surface area contributed by atoms with Gasteiger partial charge in [0.15, 0.2) is 0 Å². The van der Waals surface area contributed by atoms with Gasteiger partial charge in [-0.1, -0.05) is 66.2 Å². The Labute approximate surface area is 170 Å². The van der Waals surface area contributed by atoms with Crippen molar-refractivity contribution in [3.63, 3.8) is 0 Å². The second-order valence-corrected chi connectivity index (χ2v) is 8.02. The van der Waals surface area contributed by atoms with Crippen molar-refractivity contribution in [1.82, 2.24) is 4.90 Å².